The number of benzene rings is 1. The van der Waals surface area contributed by atoms with E-state index < -0.39 is 17.2 Å². The number of ketones is 1. The van der Waals surface area contributed by atoms with Crippen LogP contribution in [-0.2, 0) is 4.79 Å². The summed E-state index contributed by atoms with van der Waals surface area (Å²) >= 11 is 0. The highest BCUT2D eigenvalue weighted by Gasteiger charge is 2.48. The quantitative estimate of drug-likeness (QED) is 0.389. The van der Waals surface area contributed by atoms with Crippen molar-refractivity contribution in [3.63, 3.8) is 0 Å². The van der Waals surface area contributed by atoms with Crippen molar-refractivity contribution in [3.05, 3.63) is 40.3 Å². The Labute approximate surface area is 110 Å². The number of para-hydroxylation sites is 1. The molecule has 6 nitrogen and oxygen atoms in total. The first kappa shape index (κ1) is 13.1. The van der Waals surface area contributed by atoms with Crippen LogP contribution in [0.4, 0.5) is 5.69 Å². The summed E-state index contributed by atoms with van der Waals surface area (Å²) < 4.78 is 0. The summed E-state index contributed by atoms with van der Waals surface area (Å²) in [5.74, 6) is -0.958. The van der Waals surface area contributed by atoms with Gasteiger partial charge in [0, 0.05) is 10.5 Å². The topological polar surface area (TPSA) is 94.9 Å². The van der Waals surface area contributed by atoms with E-state index in [0.717, 1.165) is 6.42 Å². The van der Waals surface area contributed by atoms with Crippen LogP contribution < -0.4 is 5.32 Å². The molecule has 2 rings (SSSR count). The van der Waals surface area contributed by atoms with E-state index in [-0.39, 0.29) is 6.42 Å². The number of Topliss-reactive ketones (excluding diaryl/α,β-unsaturated/α-hetero) is 1. The Kier molecular flexibility index (Phi) is 3.53. The van der Waals surface area contributed by atoms with Crippen molar-refractivity contribution in [2.75, 3.05) is 5.32 Å². The van der Waals surface area contributed by atoms with Crippen LogP contribution in [0.25, 0.3) is 10.4 Å². The second kappa shape index (κ2) is 5.12. The lowest BCUT2D eigenvalue weighted by atomic mass is 9.81. The molecule has 19 heavy (non-hydrogen) atoms. The van der Waals surface area contributed by atoms with Crippen LogP contribution in [0.1, 0.15) is 36.5 Å². The fourth-order valence-corrected chi connectivity index (χ4v) is 2.22. The van der Waals surface area contributed by atoms with Crippen LogP contribution in [0.5, 0.6) is 0 Å². The molecule has 0 spiro atoms. The first-order valence-electron chi connectivity index (χ1n) is 6.17. The average molecular weight is 258 g/mol. The number of carbonyl (C=O) groups is 2. The molecule has 1 N–H and O–H groups in total. The third-order valence-corrected chi connectivity index (χ3v) is 3.28. The Hall–Kier alpha value is -2.33. The van der Waals surface area contributed by atoms with E-state index in [2.05, 4.69) is 15.3 Å². The van der Waals surface area contributed by atoms with Crippen molar-refractivity contribution in [2.24, 2.45) is 5.11 Å². The molecule has 98 valence electrons. The molecular weight excluding hydrogens is 244 g/mol. The summed E-state index contributed by atoms with van der Waals surface area (Å²) in [6.45, 7) is 1.95. The lowest BCUT2D eigenvalue weighted by Crippen LogP contribution is -2.51. The highest BCUT2D eigenvalue weighted by Crippen LogP contribution is 2.34. The van der Waals surface area contributed by atoms with Gasteiger partial charge in [-0.2, -0.15) is 0 Å². The van der Waals surface area contributed by atoms with E-state index in [4.69, 9.17) is 5.53 Å². The van der Waals surface area contributed by atoms with Gasteiger partial charge in [-0.1, -0.05) is 37.0 Å². The van der Waals surface area contributed by atoms with Crippen molar-refractivity contribution < 1.29 is 9.59 Å². The summed E-state index contributed by atoms with van der Waals surface area (Å²) in [5, 5.41) is 6.18. The molecule has 0 saturated heterocycles. The van der Waals surface area contributed by atoms with E-state index in [1.807, 2.05) is 6.92 Å². The van der Waals surface area contributed by atoms with Crippen LogP contribution in [0.3, 0.4) is 0 Å². The van der Waals surface area contributed by atoms with Crippen LogP contribution in [-0.4, -0.2) is 17.2 Å². The standard InChI is InChI=1S/C13H14N4O2/c1-2-3-8-13(16-17-14)11(18)9-6-4-5-7-10(9)15-12(13)19/h4-7H,2-3,8H2,1H3,(H,15,19). The minimum atomic E-state index is -1.64. The second-order valence-corrected chi connectivity index (χ2v) is 4.48. The largest absolute Gasteiger partial charge is 0.324 e. The van der Waals surface area contributed by atoms with E-state index >= 15 is 0 Å². The van der Waals surface area contributed by atoms with Gasteiger partial charge in [0.25, 0.3) is 0 Å². The van der Waals surface area contributed by atoms with E-state index in [1.165, 1.54) is 0 Å². The first-order chi connectivity index (χ1) is 9.15. The molecule has 1 unspecified atom stereocenters. The minimum Gasteiger partial charge on any atom is -0.324 e. The van der Waals surface area contributed by atoms with E-state index in [9.17, 15) is 9.59 Å². The van der Waals surface area contributed by atoms with Gasteiger partial charge in [0.1, 0.15) is 0 Å². The Bertz CT molecular complexity index is 578. The van der Waals surface area contributed by atoms with Gasteiger partial charge in [-0.05, 0) is 24.1 Å². The molecule has 1 atom stereocenters. The maximum absolute atomic E-state index is 12.5. The lowest BCUT2D eigenvalue weighted by molar-refractivity contribution is -0.120. The number of rotatable bonds is 4. The lowest BCUT2D eigenvalue weighted by Gasteiger charge is -2.31. The predicted octanol–water partition coefficient (Wildman–Crippen LogP) is 3.06. The number of hydrogen-bond donors (Lipinski definition) is 1. The van der Waals surface area contributed by atoms with Crippen LogP contribution in [0.2, 0.25) is 0 Å². The highest BCUT2D eigenvalue weighted by atomic mass is 16.2. The predicted molar refractivity (Wildman–Crippen MR) is 70.8 cm³/mol. The van der Waals surface area contributed by atoms with Crippen molar-refractivity contribution >= 4 is 17.4 Å². The van der Waals surface area contributed by atoms with E-state index in [0.29, 0.717) is 17.7 Å². The Balaban J connectivity index is 2.53. The maximum atomic E-state index is 12.5. The Morgan fingerprint density at radius 2 is 2.11 bits per heavy atom. The maximum Gasteiger partial charge on any atom is 0.244 e. The molecule has 1 aromatic rings. The zero-order valence-electron chi connectivity index (χ0n) is 10.6. The molecule has 1 heterocycles. The fraction of sp³-hybridized carbons (Fsp3) is 0.385. The number of amides is 1. The summed E-state index contributed by atoms with van der Waals surface area (Å²) in [6.07, 6.45) is 1.68. The summed E-state index contributed by atoms with van der Waals surface area (Å²) in [5.41, 5.74) is 7.92. The van der Waals surface area contributed by atoms with Crippen molar-refractivity contribution in [1.82, 2.24) is 0 Å². The fourth-order valence-electron chi connectivity index (χ4n) is 2.22. The monoisotopic (exact) mass is 258 g/mol. The van der Waals surface area contributed by atoms with Gasteiger partial charge in [0.05, 0.1) is 5.69 Å². The summed E-state index contributed by atoms with van der Waals surface area (Å²) in [7, 11) is 0. The molecule has 0 saturated carbocycles. The number of carbonyl (C=O) groups excluding carboxylic acids is 2. The third kappa shape index (κ3) is 2.06. The number of nitrogens with one attached hydrogen (secondary N) is 1. The Morgan fingerprint density at radius 1 is 1.37 bits per heavy atom. The second-order valence-electron chi connectivity index (χ2n) is 4.48. The molecular formula is C13H14N4O2. The highest BCUT2D eigenvalue weighted by molar-refractivity contribution is 6.27. The first-order valence-corrected chi connectivity index (χ1v) is 6.17. The summed E-state index contributed by atoms with van der Waals surface area (Å²) in [4.78, 5) is 27.4. The van der Waals surface area contributed by atoms with Gasteiger partial charge in [-0.3, -0.25) is 9.59 Å². The molecule has 0 aliphatic carbocycles. The van der Waals surface area contributed by atoms with Gasteiger partial charge in [0.15, 0.2) is 11.3 Å². The Morgan fingerprint density at radius 3 is 2.79 bits per heavy atom. The molecule has 1 amide bonds. The molecule has 0 aromatic heterocycles. The zero-order chi connectivity index (χ0) is 13.9. The van der Waals surface area contributed by atoms with Crippen LogP contribution in [0, 0.1) is 0 Å². The van der Waals surface area contributed by atoms with Gasteiger partial charge in [-0.15, -0.1) is 0 Å². The molecule has 0 bridgehead atoms. The number of azide groups is 1. The zero-order valence-corrected chi connectivity index (χ0v) is 10.6. The number of anilines is 1. The summed E-state index contributed by atoms with van der Waals surface area (Å²) in [6, 6.07) is 6.74. The normalized spacial score (nSPS) is 21.3. The molecule has 6 heteroatoms. The molecule has 1 aromatic carbocycles. The van der Waals surface area contributed by atoms with Crippen molar-refractivity contribution in [2.45, 2.75) is 31.7 Å². The number of hydrogen-bond acceptors (Lipinski definition) is 3. The van der Waals surface area contributed by atoms with E-state index in [1.54, 1.807) is 24.3 Å². The molecule has 1 aliphatic heterocycles. The van der Waals surface area contributed by atoms with Crippen molar-refractivity contribution in [1.29, 1.82) is 0 Å². The molecule has 1 aliphatic rings. The number of unbranched alkanes of at least 4 members (excludes halogenated alkanes) is 1. The molecule has 0 radical (unpaired) electrons. The van der Waals surface area contributed by atoms with Gasteiger partial charge >= 0.3 is 0 Å². The number of fused-ring (bicyclic) bond motifs is 1. The number of nitrogens with zero attached hydrogens (tertiary/aromatic N) is 3. The molecule has 0 fully saturated rings. The van der Waals surface area contributed by atoms with Crippen molar-refractivity contribution in [3.8, 4) is 0 Å². The third-order valence-electron chi connectivity index (χ3n) is 3.28. The van der Waals surface area contributed by atoms with Gasteiger partial charge in [-0.25, -0.2) is 0 Å². The van der Waals surface area contributed by atoms with Gasteiger partial charge in [0.2, 0.25) is 5.91 Å². The van der Waals surface area contributed by atoms with Crippen LogP contribution in [0.15, 0.2) is 29.4 Å². The SMILES string of the molecule is CCCCC1(N=[N+]=[N-])C(=O)Nc2ccccc2C1=O. The van der Waals surface area contributed by atoms with Gasteiger partial charge < -0.3 is 5.32 Å². The minimum absolute atomic E-state index is 0.229. The van der Waals surface area contributed by atoms with Crippen LogP contribution >= 0.6 is 0 Å². The average Bonchev–Trinajstić information content (AvgIpc) is 2.42. The smallest absolute Gasteiger partial charge is 0.244 e.